The Bertz CT molecular complexity index is 394. The number of benzene rings is 1. The molecule has 2 aliphatic rings. The fraction of sp³-hybridized carbons (Fsp3) is 0.600. The zero-order valence-corrected chi connectivity index (χ0v) is 10.5. The van der Waals surface area contributed by atoms with Crippen LogP contribution in [0, 0.1) is 5.92 Å². The van der Waals surface area contributed by atoms with Crippen LogP contribution in [-0.4, -0.2) is 17.7 Å². The first-order valence-corrected chi connectivity index (χ1v) is 6.79. The van der Waals surface area contributed by atoms with E-state index in [1.807, 2.05) is 13.0 Å². The van der Waals surface area contributed by atoms with Gasteiger partial charge in [-0.05, 0) is 44.6 Å². The molecule has 2 nitrogen and oxygen atoms in total. The first kappa shape index (κ1) is 11.1. The van der Waals surface area contributed by atoms with Crippen molar-refractivity contribution in [3.05, 3.63) is 29.8 Å². The first-order valence-electron chi connectivity index (χ1n) is 6.79. The SMILES string of the molecule is C[C@@H](O)c1ccccc1N(CC1CC1)C1CC1. The number of hydrogen-bond donors (Lipinski definition) is 1. The largest absolute Gasteiger partial charge is 0.389 e. The van der Waals surface area contributed by atoms with E-state index in [1.54, 1.807) is 0 Å². The van der Waals surface area contributed by atoms with Gasteiger partial charge in [0, 0.05) is 23.8 Å². The van der Waals surface area contributed by atoms with Crippen LogP contribution in [0.4, 0.5) is 5.69 Å². The molecule has 2 heteroatoms. The van der Waals surface area contributed by atoms with Crippen LogP contribution in [-0.2, 0) is 0 Å². The molecule has 0 heterocycles. The topological polar surface area (TPSA) is 23.5 Å². The van der Waals surface area contributed by atoms with Gasteiger partial charge in [0.15, 0.2) is 0 Å². The van der Waals surface area contributed by atoms with Gasteiger partial charge in [0.05, 0.1) is 6.10 Å². The van der Waals surface area contributed by atoms with Gasteiger partial charge < -0.3 is 10.0 Å². The van der Waals surface area contributed by atoms with E-state index in [1.165, 1.54) is 37.9 Å². The predicted molar refractivity (Wildman–Crippen MR) is 70.2 cm³/mol. The van der Waals surface area contributed by atoms with Gasteiger partial charge in [-0.2, -0.15) is 0 Å². The number of hydrogen-bond acceptors (Lipinski definition) is 2. The zero-order valence-electron chi connectivity index (χ0n) is 10.5. The molecule has 1 N–H and O–H groups in total. The molecule has 0 spiro atoms. The van der Waals surface area contributed by atoms with Crippen LogP contribution in [0.1, 0.15) is 44.3 Å². The van der Waals surface area contributed by atoms with Crippen LogP contribution in [0.5, 0.6) is 0 Å². The first-order chi connectivity index (χ1) is 8.25. The van der Waals surface area contributed by atoms with Crippen molar-refractivity contribution in [3.8, 4) is 0 Å². The molecule has 1 atom stereocenters. The lowest BCUT2D eigenvalue weighted by atomic mass is 10.1. The van der Waals surface area contributed by atoms with Crippen molar-refractivity contribution in [2.45, 2.75) is 44.8 Å². The van der Waals surface area contributed by atoms with Crippen LogP contribution < -0.4 is 4.90 Å². The lowest BCUT2D eigenvalue weighted by molar-refractivity contribution is 0.199. The van der Waals surface area contributed by atoms with Crippen molar-refractivity contribution in [2.75, 3.05) is 11.4 Å². The summed E-state index contributed by atoms with van der Waals surface area (Å²) in [4.78, 5) is 2.54. The quantitative estimate of drug-likeness (QED) is 0.841. The van der Waals surface area contributed by atoms with E-state index < -0.39 is 0 Å². The summed E-state index contributed by atoms with van der Waals surface area (Å²) in [5, 5.41) is 9.88. The van der Waals surface area contributed by atoms with Gasteiger partial charge in [-0.15, -0.1) is 0 Å². The molecule has 1 aromatic rings. The van der Waals surface area contributed by atoms with Crippen molar-refractivity contribution in [2.24, 2.45) is 5.92 Å². The minimum absolute atomic E-state index is 0.369. The standard InChI is InChI=1S/C15H21NO/c1-11(17)14-4-2-3-5-15(14)16(13-8-9-13)10-12-6-7-12/h2-5,11-13,17H,6-10H2,1H3/t11-/m1/s1. The van der Waals surface area contributed by atoms with Crippen molar-refractivity contribution in [1.82, 2.24) is 0 Å². The van der Waals surface area contributed by atoms with Gasteiger partial charge in [-0.25, -0.2) is 0 Å². The summed E-state index contributed by atoms with van der Waals surface area (Å²) >= 11 is 0. The van der Waals surface area contributed by atoms with Crippen LogP contribution in [0.25, 0.3) is 0 Å². The molecule has 2 aliphatic carbocycles. The highest BCUT2D eigenvalue weighted by Crippen LogP contribution is 2.39. The van der Waals surface area contributed by atoms with E-state index >= 15 is 0 Å². The summed E-state index contributed by atoms with van der Waals surface area (Å²) < 4.78 is 0. The Labute approximate surface area is 103 Å². The fourth-order valence-corrected chi connectivity index (χ4v) is 2.51. The van der Waals surface area contributed by atoms with E-state index in [0.29, 0.717) is 0 Å². The average Bonchev–Trinajstić information content (AvgIpc) is 3.17. The summed E-state index contributed by atoms with van der Waals surface area (Å²) in [5.41, 5.74) is 2.34. The highest BCUT2D eigenvalue weighted by atomic mass is 16.3. The van der Waals surface area contributed by atoms with E-state index in [4.69, 9.17) is 0 Å². The highest BCUT2D eigenvalue weighted by molar-refractivity contribution is 5.56. The van der Waals surface area contributed by atoms with Gasteiger partial charge in [0.1, 0.15) is 0 Å². The molecule has 0 amide bonds. The van der Waals surface area contributed by atoms with Crippen LogP contribution in [0.3, 0.4) is 0 Å². The Hall–Kier alpha value is -1.02. The second kappa shape index (κ2) is 4.34. The summed E-state index contributed by atoms with van der Waals surface area (Å²) in [6.07, 6.45) is 5.05. The Morgan fingerprint density at radius 1 is 1.24 bits per heavy atom. The minimum atomic E-state index is -0.369. The Morgan fingerprint density at radius 3 is 2.53 bits per heavy atom. The van der Waals surface area contributed by atoms with Gasteiger partial charge in [0.2, 0.25) is 0 Å². The highest BCUT2D eigenvalue weighted by Gasteiger charge is 2.34. The van der Waals surface area contributed by atoms with Crippen molar-refractivity contribution in [3.63, 3.8) is 0 Å². The van der Waals surface area contributed by atoms with Gasteiger partial charge in [-0.3, -0.25) is 0 Å². The second-order valence-corrected chi connectivity index (χ2v) is 5.56. The number of nitrogens with zero attached hydrogens (tertiary/aromatic N) is 1. The monoisotopic (exact) mass is 231 g/mol. The van der Waals surface area contributed by atoms with E-state index in [-0.39, 0.29) is 6.10 Å². The number of para-hydroxylation sites is 1. The maximum Gasteiger partial charge on any atom is 0.0781 e. The van der Waals surface area contributed by atoms with E-state index in [9.17, 15) is 5.11 Å². The molecule has 0 unspecified atom stereocenters. The maximum atomic E-state index is 9.88. The lowest BCUT2D eigenvalue weighted by Gasteiger charge is -2.28. The smallest absolute Gasteiger partial charge is 0.0781 e. The third kappa shape index (κ3) is 2.47. The van der Waals surface area contributed by atoms with Gasteiger partial charge in [-0.1, -0.05) is 18.2 Å². The van der Waals surface area contributed by atoms with Gasteiger partial charge in [0.25, 0.3) is 0 Å². The van der Waals surface area contributed by atoms with E-state index in [2.05, 4.69) is 23.1 Å². The molecule has 0 aliphatic heterocycles. The van der Waals surface area contributed by atoms with Crippen molar-refractivity contribution in [1.29, 1.82) is 0 Å². The Balaban J connectivity index is 1.87. The lowest BCUT2D eigenvalue weighted by Crippen LogP contribution is -2.29. The molecule has 1 aromatic carbocycles. The summed E-state index contributed by atoms with van der Waals surface area (Å²) in [7, 11) is 0. The molecule has 17 heavy (non-hydrogen) atoms. The van der Waals surface area contributed by atoms with Crippen molar-refractivity contribution < 1.29 is 5.11 Å². The number of aliphatic hydroxyl groups is 1. The van der Waals surface area contributed by atoms with Crippen LogP contribution in [0.15, 0.2) is 24.3 Å². The average molecular weight is 231 g/mol. The van der Waals surface area contributed by atoms with Crippen molar-refractivity contribution >= 4 is 5.69 Å². The molecule has 0 aromatic heterocycles. The van der Waals surface area contributed by atoms with E-state index in [0.717, 1.165) is 17.5 Å². The van der Waals surface area contributed by atoms with Gasteiger partial charge >= 0.3 is 0 Å². The molecule has 2 saturated carbocycles. The Kier molecular flexibility index (Phi) is 2.83. The summed E-state index contributed by atoms with van der Waals surface area (Å²) in [5.74, 6) is 0.901. The van der Waals surface area contributed by atoms with Crippen LogP contribution in [0.2, 0.25) is 0 Å². The number of aliphatic hydroxyl groups excluding tert-OH is 1. The molecule has 0 bridgehead atoms. The maximum absolute atomic E-state index is 9.88. The number of anilines is 1. The predicted octanol–water partition coefficient (Wildman–Crippen LogP) is 3.12. The third-order valence-electron chi connectivity index (χ3n) is 3.84. The molecule has 2 fully saturated rings. The minimum Gasteiger partial charge on any atom is -0.389 e. The molecular weight excluding hydrogens is 210 g/mol. The molecule has 92 valence electrons. The Morgan fingerprint density at radius 2 is 1.94 bits per heavy atom. The summed E-state index contributed by atoms with van der Waals surface area (Å²) in [6, 6.07) is 9.07. The molecule has 3 rings (SSSR count). The van der Waals surface area contributed by atoms with Crippen LogP contribution >= 0.6 is 0 Å². The molecule has 0 saturated heterocycles. The number of rotatable bonds is 5. The zero-order chi connectivity index (χ0) is 11.8. The fourth-order valence-electron chi connectivity index (χ4n) is 2.51. The molecule has 0 radical (unpaired) electrons. The molecular formula is C15H21NO. The third-order valence-corrected chi connectivity index (χ3v) is 3.84. The summed E-state index contributed by atoms with van der Waals surface area (Å²) in [6.45, 7) is 3.05. The second-order valence-electron chi connectivity index (χ2n) is 5.56. The normalized spacial score (nSPS) is 21.3.